The summed E-state index contributed by atoms with van der Waals surface area (Å²) in [4.78, 5) is 25.8. The molecule has 4 fully saturated rings. The number of amides is 1. The number of aliphatic hydroxyl groups excluding tert-OH is 1. The molecule has 3 aromatic rings. The third-order valence-electron chi connectivity index (χ3n) is 10.5. The van der Waals surface area contributed by atoms with Gasteiger partial charge in [0.25, 0.3) is 0 Å². The van der Waals surface area contributed by atoms with Crippen LogP contribution in [0.4, 0.5) is 5.82 Å². The van der Waals surface area contributed by atoms with Crippen molar-refractivity contribution in [3.63, 3.8) is 0 Å². The van der Waals surface area contributed by atoms with Crippen molar-refractivity contribution in [2.45, 2.75) is 103 Å². The number of hydrogen-bond donors (Lipinski definition) is 1. The summed E-state index contributed by atoms with van der Waals surface area (Å²) in [6, 6.07) is 10.8. The fraction of sp³-hybridized carbons (Fsp3) is 0.583. The van der Waals surface area contributed by atoms with E-state index in [-0.39, 0.29) is 28.6 Å². The van der Waals surface area contributed by atoms with Gasteiger partial charge in [0.15, 0.2) is 5.89 Å². The van der Waals surface area contributed by atoms with E-state index in [0.29, 0.717) is 0 Å². The van der Waals surface area contributed by atoms with E-state index in [1.165, 1.54) is 36.8 Å². The first kappa shape index (κ1) is 31.2. The molecule has 2 heterocycles. The summed E-state index contributed by atoms with van der Waals surface area (Å²) in [7, 11) is 2.75. The molecule has 0 atom stereocenters. The zero-order valence-electron chi connectivity index (χ0n) is 26.7. The van der Waals surface area contributed by atoms with E-state index in [0.717, 1.165) is 87.3 Å². The molecule has 0 aliphatic heterocycles. The van der Waals surface area contributed by atoms with Crippen molar-refractivity contribution >= 4 is 11.7 Å². The number of oxazole rings is 1. The number of pyridine rings is 1. The van der Waals surface area contributed by atoms with Crippen LogP contribution in [0.5, 0.6) is 5.75 Å². The number of aliphatic hydroxyl groups is 1. The van der Waals surface area contributed by atoms with Gasteiger partial charge in [-0.25, -0.2) is 9.97 Å². The summed E-state index contributed by atoms with van der Waals surface area (Å²) >= 11 is 0. The zero-order valence-corrected chi connectivity index (χ0v) is 26.7. The van der Waals surface area contributed by atoms with E-state index in [9.17, 15) is 4.79 Å². The molecule has 43 heavy (non-hydrogen) atoms. The van der Waals surface area contributed by atoms with Gasteiger partial charge < -0.3 is 14.3 Å². The van der Waals surface area contributed by atoms with Crippen LogP contribution >= 0.6 is 0 Å². The number of carbonyl (C=O) groups is 1. The van der Waals surface area contributed by atoms with Crippen molar-refractivity contribution in [1.29, 1.82) is 0 Å². The van der Waals surface area contributed by atoms with Gasteiger partial charge in [-0.05, 0) is 98.4 Å². The Balaban J connectivity index is 0.00000180. The highest BCUT2D eigenvalue weighted by molar-refractivity contribution is 5.94. The normalized spacial score (nSPS) is 23.5. The Bertz CT molecular complexity index is 1370. The maximum absolute atomic E-state index is 14.2. The zero-order chi connectivity index (χ0) is 30.6. The largest absolute Gasteiger partial charge is 0.496 e. The van der Waals surface area contributed by atoms with Gasteiger partial charge in [0.05, 0.1) is 7.11 Å². The minimum absolute atomic E-state index is 0.0961. The molecule has 2 bridgehead atoms. The van der Waals surface area contributed by atoms with Gasteiger partial charge in [-0.15, -0.1) is 0 Å². The lowest BCUT2D eigenvalue weighted by atomic mass is 9.51. The van der Waals surface area contributed by atoms with Gasteiger partial charge in [-0.1, -0.05) is 45.2 Å². The summed E-state index contributed by atoms with van der Waals surface area (Å²) in [5.74, 6) is 3.03. The molecular formula is C36H49N3O4. The molecule has 7 heteroatoms. The van der Waals surface area contributed by atoms with Crippen LogP contribution in [0.2, 0.25) is 0 Å². The van der Waals surface area contributed by atoms with Crippen LogP contribution in [-0.4, -0.2) is 41.7 Å². The molecule has 232 valence electrons. The summed E-state index contributed by atoms with van der Waals surface area (Å²) in [6.07, 6.45) is 16.0. The molecule has 0 saturated heterocycles. The molecule has 0 spiro atoms. The Hall–Kier alpha value is -3.19. The number of rotatable bonds is 8. The second kappa shape index (κ2) is 13.2. The van der Waals surface area contributed by atoms with Crippen LogP contribution in [0, 0.1) is 18.3 Å². The van der Waals surface area contributed by atoms with Crippen LogP contribution < -0.4 is 9.64 Å². The van der Waals surface area contributed by atoms with Gasteiger partial charge in [-0.3, -0.25) is 9.69 Å². The van der Waals surface area contributed by atoms with Crippen molar-refractivity contribution in [3.05, 3.63) is 59.8 Å². The molecule has 4 aliphatic rings. The Morgan fingerprint density at radius 1 is 1.05 bits per heavy atom. The average Bonchev–Trinajstić information content (AvgIpc) is 3.57. The predicted molar refractivity (Wildman–Crippen MR) is 170 cm³/mol. The van der Waals surface area contributed by atoms with Crippen molar-refractivity contribution < 1.29 is 19.1 Å². The van der Waals surface area contributed by atoms with Crippen LogP contribution in [-0.2, 0) is 10.2 Å². The lowest BCUT2D eigenvalue weighted by Crippen LogP contribution is -2.51. The molecule has 0 radical (unpaired) electrons. The molecule has 7 nitrogen and oxygen atoms in total. The Labute approximate surface area is 257 Å². The number of methoxy groups -OCH3 is 1. The highest BCUT2D eigenvalue weighted by Gasteiger charge is 2.50. The average molecular weight is 588 g/mol. The molecule has 1 aromatic carbocycles. The molecule has 2 aromatic heterocycles. The number of ether oxygens (including phenoxy) is 1. The first-order chi connectivity index (χ1) is 20.8. The van der Waals surface area contributed by atoms with Gasteiger partial charge in [-0.2, -0.15) is 0 Å². The monoisotopic (exact) mass is 587 g/mol. The van der Waals surface area contributed by atoms with Crippen molar-refractivity contribution in [2.24, 2.45) is 11.3 Å². The molecule has 4 saturated carbocycles. The fourth-order valence-electron chi connectivity index (χ4n) is 7.73. The van der Waals surface area contributed by atoms with Crippen molar-refractivity contribution in [2.75, 3.05) is 25.7 Å². The molecule has 7 rings (SSSR count). The lowest BCUT2D eigenvalue weighted by Gasteiger charge is -2.55. The number of aromatic nitrogens is 2. The standard InChI is InChI=1S/C35H45N3O3.CH4O/c1-24(2)32-37-29(22-41-32)27-12-19-36-31(21-27)38(33(39)26-8-6-5-7-9-26)23-34-13-16-35(17-14-34,18-15-34)28-10-11-30(40-4)25(3)20-28;1-2/h10-12,19-22,24,26H,5-9,13-18,23H2,1-4H3;2H,1H3. The highest BCUT2D eigenvalue weighted by Crippen LogP contribution is 2.58. The third-order valence-corrected chi connectivity index (χ3v) is 10.5. The van der Waals surface area contributed by atoms with E-state index < -0.39 is 0 Å². The summed E-state index contributed by atoms with van der Waals surface area (Å²) < 4.78 is 11.3. The lowest BCUT2D eigenvalue weighted by molar-refractivity contribution is -0.124. The van der Waals surface area contributed by atoms with Gasteiger partial charge in [0.1, 0.15) is 23.5 Å². The molecular weight excluding hydrogens is 538 g/mol. The topological polar surface area (TPSA) is 88.7 Å². The number of nitrogens with zero attached hydrogens (tertiary/aromatic N) is 3. The SMILES string of the molecule is CO.COc1ccc(C23CCC(CN(C(=O)C4CCCCC4)c4cc(-c5coc(C(C)C)n5)ccn4)(CC2)CC3)cc1C. The minimum atomic E-state index is 0.0961. The van der Waals surface area contributed by atoms with E-state index >= 15 is 0 Å². The Morgan fingerprint density at radius 2 is 1.74 bits per heavy atom. The van der Waals surface area contributed by atoms with Crippen LogP contribution in [0.15, 0.2) is 47.2 Å². The number of fused-ring (bicyclic) bond motifs is 3. The molecule has 4 aliphatic carbocycles. The molecule has 1 amide bonds. The second-order valence-electron chi connectivity index (χ2n) is 13.4. The Morgan fingerprint density at radius 3 is 2.35 bits per heavy atom. The number of benzene rings is 1. The van der Waals surface area contributed by atoms with E-state index in [1.54, 1.807) is 13.4 Å². The van der Waals surface area contributed by atoms with Crippen LogP contribution in [0.3, 0.4) is 0 Å². The number of anilines is 1. The minimum Gasteiger partial charge on any atom is -0.496 e. The van der Waals surface area contributed by atoms with Gasteiger partial charge in [0.2, 0.25) is 5.91 Å². The van der Waals surface area contributed by atoms with E-state index in [1.807, 2.05) is 12.3 Å². The van der Waals surface area contributed by atoms with Crippen LogP contribution in [0.25, 0.3) is 11.3 Å². The van der Waals surface area contributed by atoms with E-state index in [4.69, 9.17) is 24.2 Å². The van der Waals surface area contributed by atoms with Gasteiger partial charge >= 0.3 is 0 Å². The maximum atomic E-state index is 14.2. The fourth-order valence-corrected chi connectivity index (χ4v) is 7.73. The Kier molecular flexibility index (Phi) is 9.60. The summed E-state index contributed by atoms with van der Waals surface area (Å²) in [5.41, 5.74) is 4.81. The van der Waals surface area contributed by atoms with Gasteiger partial charge in [0, 0.05) is 37.3 Å². The number of carbonyl (C=O) groups excluding carboxylic acids is 1. The molecule has 1 N–H and O–H groups in total. The first-order valence-corrected chi connectivity index (χ1v) is 16.1. The summed E-state index contributed by atoms with van der Waals surface area (Å²) in [5, 5.41) is 7.00. The van der Waals surface area contributed by atoms with Crippen molar-refractivity contribution in [1.82, 2.24) is 9.97 Å². The van der Waals surface area contributed by atoms with Crippen LogP contribution in [0.1, 0.15) is 107 Å². The van der Waals surface area contributed by atoms with Crippen molar-refractivity contribution in [3.8, 4) is 17.0 Å². The summed E-state index contributed by atoms with van der Waals surface area (Å²) in [6.45, 7) is 7.06. The molecule has 0 unspecified atom stereocenters. The first-order valence-electron chi connectivity index (χ1n) is 16.1. The van der Waals surface area contributed by atoms with E-state index in [2.05, 4.69) is 49.9 Å². The highest BCUT2D eigenvalue weighted by atomic mass is 16.5. The third kappa shape index (κ3) is 6.38. The smallest absolute Gasteiger partial charge is 0.231 e. The quantitative estimate of drug-likeness (QED) is 0.287. The number of hydrogen-bond acceptors (Lipinski definition) is 6. The number of aryl methyl sites for hydroxylation is 1. The predicted octanol–water partition coefficient (Wildman–Crippen LogP) is 7.99. The second-order valence-corrected chi connectivity index (χ2v) is 13.4. The maximum Gasteiger partial charge on any atom is 0.231 e.